The molecule has 5 aromatic carbocycles. The van der Waals surface area contributed by atoms with Gasteiger partial charge in [-0.3, -0.25) is 0 Å². The molecule has 4 nitrogen and oxygen atoms in total. The summed E-state index contributed by atoms with van der Waals surface area (Å²) in [5.74, 6) is 27.1. The zero-order chi connectivity index (χ0) is 35.6. The molecule has 0 heterocycles. The van der Waals surface area contributed by atoms with E-state index in [4.69, 9.17) is 0 Å². The Kier molecular flexibility index (Phi) is 11.2. The van der Waals surface area contributed by atoms with Crippen LogP contribution in [0.1, 0.15) is 44.5 Å². The summed E-state index contributed by atoms with van der Waals surface area (Å²) in [7, 11) is 16.2. The maximum Gasteiger partial charge on any atom is 0.0419 e. The van der Waals surface area contributed by atoms with E-state index in [1.54, 1.807) is 0 Å². The molecule has 4 heteroatoms. The molecule has 0 spiro atoms. The molecule has 0 N–H and O–H groups in total. The normalized spacial score (nSPS) is 9.76. The third-order valence-electron chi connectivity index (χ3n) is 8.06. The minimum atomic E-state index is 0.798. The summed E-state index contributed by atoms with van der Waals surface area (Å²) in [6.45, 7) is 0. The molecule has 0 saturated heterocycles. The van der Waals surface area contributed by atoms with Gasteiger partial charge < -0.3 is 19.6 Å². The van der Waals surface area contributed by atoms with Gasteiger partial charge in [-0.15, -0.1) is 0 Å². The van der Waals surface area contributed by atoms with E-state index in [9.17, 15) is 0 Å². The maximum absolute atomic E-state index is 3.42. The van der Waals surface area contributed by atoms with Crippen LogP contribution in [0.15, 0.2) is 109 Å². The first kappa shape index (κ1) is 34.9. The van der Waals surface area contributed by atoms with Gasteiger partial charge in [-0.2, -0.15) is 0 Å². The molecule has 0 aliphatic carbocycles. The molecule has 0 amide bonds. The molecule has 0 aliphatic rings. The smallest absolute Gasteiger partial charge is 0.0419 e. The highest BCUT2D eigenvalue weighted by atomic mass is 15.1. The van der Waals surface area contributed by atoms with Gasteiger partial charge in [0.1, 0.15) is 0 Å². The number of rotatable bonds is 4. The SMILES string of the molecule is CN(C)c1ccc(C#Cc2cc(C#Cc3ccc(N(C)C)cc3)c(C#Cc3ccc(N(C)C)cc3)cc2C#Cc2ccc(N(C)C)cc2)cc1. The average Bonchev–Trinajstić information content (AvgIpc) is 3.12. The van der Waals surface area contributed by atoms with Crippen LogP contribution in [0.5, 0.6) is 0 Å². The molecule has 246 valence electrons. The summed E-state index contributed by atoms with van der Waals surface area (Å²) < 4.78 is 0. The molecule has 5 aromatic rings. The van der Waals surface area contributed by atoms with Crippen molar-refractivity contribution >= 4 is 22.7 Å². The number of nitrogens with zero attached hydrogens (tertiary/aromatic N) is 4. The van der Waals surface area contributed by atoms with Gasteiger partial charge in [0.15, 0.2) is 0 Å². The van der Waals surface area contributed by atoms with Crippen molar-refractivity contribution in [3.63, 3.8) is 0 Å². The van der Waals surface area contributed by atoms with E-state index in [-0.39, 0.29) is 0 Å². The van der Waals surface area contributed by atoms with Crippen molar-refractivity contribution in [2.45, 2.75) is 0 Å². The molecule has 0 bridgehead atoms. The lowest BCUT2D eigenvalue weighted by Crippen LogP contribution is -2.07. The van der Waals surface area contributed by atoms with Crippen LogP contribution in [0.25, 0.3) is 0 Å². The van der Waals surface area contributed by atoms with Gasteiger partial charge in [0, 0.05) is 124 Å². The lowest BCUT2D eigenvalue weighted by Gasteiger charge is -2.11. The summed E-state index contributed by atoms with van der Waals surface area (Å²) in [5.41, 5.74) is 11.4. The molecule has 0 saturated carbocycles. The second kappa shape index (κ2) is 16.1. The van der Waals surface area contributed by atoms with Crippen molar-refractivity contribution in [2.24, 2.45) is 0 Å². The Morgan fingerprint density at radius 1 is 0.260 bits per heavy atom. The van der Waals surface area contributed by atoms with Crippen molar-refractivity contribution in [3.05, 3.63) is 154 Å². The van der Waals surface area contributed by atoms with Crippen LogP contribution in [0, 0.1) is 47.4 Å². The summed E-state index contributed by atoms with van der Waals surface area (Å²) in [4.78, 5) is 8.30. The molecule has 0 atom stereocenters. The van der Waals surface area contributed by atoms with Crippen molar-refractivity contribution < 1.29 is 0 Å². The zero-order valence-corrected chi connectivity index (χ0v) is 30.2. The van der Waals surface area contributed by atoms with Crippen LogP contribution in [0.4, 0.5) is 22.7 Å². The van der Waals surface area contributed by atoms with Crippen LogP contribution >= 0.6 is 0 Å². The summed E-state index contributed by atoms with van der Waals surface area (Å²) in [6, 6.07) is 37.0. The first-order chi connectivity index (χ1) is 24.0. The van der Waals surface area contributed by atoms with E-state index in [0.29, 0.717) is 0 Å². The number of hydrogen-bond acceptors (Lipinski definition) is 4. The molecule has 0 radical (unpaired) electrons. The Labute approximate surface area is 299 Å². The second-order valence-corrected chi connectivity index (χ2v) is 12.7. The lowest BCUT2D eigenvalue weighted by atomic mass is 9.97. The monoisotopic (exact) mass is 650 g/mol. The number of anilines is 4. The predicted octanol–water partition coefficient (Wildman–Crippen LogP) is 7.55. The highest BCUT2D eigenvalue weighted by Crippen LogP contribution is 2.19. The van der Waals surface area contributed by atoms with Gasteiger partial charge >= 0.3 is 0 Å². The molecule has 0 aliphatic heterocycles. The van der Waals surface area contributed by atoms with Crippen LogP contribution in [-0.4, -0.2) is 56.4 Å². The van der Waals surface area contributed by atoms with Crippen LogP contribution in [-0.2, 0) is 0 Å². The van der Waals surface area contributed by atoms with Crippen molar-refractivity contribution in [2.75, 3.05) is 76.0 Å². The predicted molar refractivity (Wildman–Crippen MR) is 213 cm³/mol. The molecular formula is C46H42N4. The van der Waals surface area contributed by atoms with Gasteiger partial charge in [0.25, 0.3) is 0 Å². The standard InChI is InChI=1S/C46H42N4/c1-47(2)43-25-13-35(14-26-43)9-21-39-33-41(23-11-37-17-29-45(30-18-37)49(5)6)42(24-12-38-19-31-46(32-20-38)50(7)8)34-40(39)22-10-36-15-27-44(28-16-36)48(3)4/h13-20,25-34H,1-8H3. The van der Waals surface area contributed by atoms with E-state index in [2.05, 4.69) is 115 Å². The maximum atomic E-state index is 3.42. The fraction of sp³-hybridized carbons (Fsp3) is 0.174. The highest BCUT2D eigenvalue weighted by Gasteiger charge is 2.07. The molecule has 50 heavy (non-hydrogen) atoms. The van der Waals surface area contributed by atoms with Gasteiger partial charge in [-0.25, -0.2) is 0 Å². The molecule has 0 fully saturated rings. The van der Waals surface area contributed by atoms with E-state index >= 15 is 0 Å². The van der Waals surface area contributed by atoms with Gasteiger partial charge in [-0.05, 0) is 109 Å². The van der Waals surface area contributed by atoms with E-state index in [1.165, 1.54) is 0 Å². The van der Waals surface area contributed by atoms with E-state index < -0.39 is 0 Å². The quantitative estimate of drug-likeness (QED) is 0.186. The summed E-state index contributed by atoms with van der Waals surface area (Å²) in [5, 5.41) is 0. The molecule has 0 unspecified atom stereocenters. The first-order valence-electron chi connectivity index (χ1n) is 16.4. The van der Waals surface area contributed by atoms with E-state index in [1.807, 2.05) is 117 Å². The number of hydrogen-bond donors (Lipinski definition) is 0. The van der Waals surface area contributed by atoms with Crippen molar-refractivity contribution in [3.8, 4) is 47.4 Å². The minimum Gasteiger partial charge on any atom is -0.378 e. The van der Waals surface area contributed by atoms with Gasteiger partial charge in [0.2, 0.25) is 0 Å². The Bertz CT molecular complexity index is 1870. The van der Waals surface area contributed by atoms with Crippen LogP contribution < -0.4 is 19.6 Å². The summed E-state index contributed by atoms with van der Waals surface area (Å²) >= 11 is 0. The van der Waals surface area contributed by atoms with Crippen LogP contribution in [0.3, 0.4) is 0 Å². The minimum absolute atomic E-state index is 0.798. The Hall–Kier alpha value is -6.46. The largest absolute Gasteiger partial charge is 0.378 e. The highest BCUT2D eigenvalue weighted by molar-refractivity contribution is 5.65. The molecular weight excluding hydrogens is 609 g/mol. The summed E-state index contributed by atoms with van der Waals surface area (Å²) in [6.07, 6.45) is 0. The molecule has 5 rings (SSSR count). The van der Waals surface area contributed by atoms with Gasteiger partial charge in [-0.1, -0.05) is 47.4 Å². The fourth-order valence-electron chi connectivity index (χ4n) is 4.94. The molecule has 0 aromatic heterocycles. The van der Waals surface area contributed by atoms with E-state index in [0.717, 1.165) is 67.3 Å². The fourth-order valence-corrected chi connectivity index (χ4v) is 4.94. The van der Waals surface area contributed by atoms with Crippen molar-refractivity contribution in [1.82, 2.24) is 0 Å². The third-order valence-corrected chi connectivity index (χ3v) is 8.06. The second-order valence-electron chi connectivity index (χ2n) is 12.7. The number of benzene rings is 5. The Balaban J connectivity index is 1.64. The van der Waals surface area contributed by atoms with Crippen molar-refractivity contribution in [1.29, 1.82) is 0 Å². The zero-order valence-electron chi connectivity index (χ0n) is 30.2. The average molecular weight is 651 g/mol. The third kappa shape index (κ3) is 9.33. The Morgan fingerprint density at radius 2 is 0.440 bits per heavy atom. The topological polar surface area (TPSA) is 13.0 Å². The van der Waals surface area contributed by atoms with Gasteiger partial charge in [0.05, 0.1) is 0 Å². The lowest BCUT2D eigenvalue weighted by molar-refractivity contribution is 1.13. The van der Waals surface area contributed by atoms with Crippen LogP contribution in [0.2, 0.25) is 0 Å². The first-order valence-corrected chi connectivity index (χ1v) is 16.4. The Morgan fingerprint density at radius 3 is 0.600 bits per heavy atom.